The van der Waals surface area contributed by atoms with Gasteiger partial charge in [0.1, 0.15) is 5.75 Å². The normalized spacial score (nSPS) is 11.5. The van der Waals surface area contributed by atoms with E-state index >= 15 is 0 Å². The van der Waals surface area contributed by atoms with Crippen LogP contribution in [0.1, 0.15) is 50.3 Å². The van der Waals surface area contributed by atoms with Crippen LogP contribution < -0.4 is 10.1 Å². The SMILES string of the molecule is C/C=C(\C=C/CCC)c1cccc(Cn2cc(CCNC)c3cc(OC)ccc32)c1.C=CC. The van der Waals surface area contributed by atoms with E-state index in [1.54, 1.807) is 13.2 Å². The number of benzene rings is 2. The molecule has 0 aliphatic carbocycles. The smallest absolute Gasteiger partial charge is 0.119 e. The van der Waals surface area contributed by atoms with E-state index in [0.717, 1.165) is 31.7 Å². The first-order valence-corrected chi connectivity index (χ1v) is 11.9. The lowest BCUT2D eigenvalue weighted by molar-refractivity contribution is 0.415. The maximum Gasteiger partial charge on any atom is 0.119 e. The van der Waals surface area contributed by atoms with Crippen LogP contribution in [0.2, 0.25) is 0 Å². The number of methoxy groups -OCH3 is 1. The van der Waals surface area contributed by atoms with Crippen LogP contribution in [0.3, 0.4) is 0 Å². The van der Waals surface area contributed by atoms with Gasteiger partial charge in [0.05, 0.1) is 7.11 Å². The number of likely N-dealkylation sites (N-methyl/N-ethyl adjacent to an activating group) is 1. The van der Waals surface area contributed by atoms with Crippen molar-refractivity contribution in [2.24, 2.45) is 0 Å². The summed E-state index contributed by atoms with van der Waals surface area (Å²) in [7, 11) is 3.73. The van der Waals surface area contributed by atoms with Crippen molar-refractivity contribution in [1.82, 2.24) is 9.88 Å². The molecule has 0 atom stereocenters. The highest BCUT2D eigenvalue weighted by atomic mass is 16.5. The van der Waals surface area contributed by atoms with Crippen molar-refractivity contribution >= 4 is 16.5 Å². The van der Waals surface area contributed by atoms with Crippen LogP contribution in [-0.2, 0) is 13.0 Å². The molecule has 0 bridgehead atoms. The number of aromatic nitrogens is 1. The molecule has 0 aliphatic rings. The molecule has 0 amide bonds. The average molecular weight is 445 g/mol. The number of nitrogens with zero attached hydrogens (tertiary/aromatic N) is 1. The van der Waals surface area contributed by atoms with E-state index in [-0.39, 0.29) is 0 Å². The first-order valence-electron chi connectivity index (χ1n) is 11.9. The van der Waals surface area contributed by atoms with Crippen LogP contribution in [0.4, 0.5) is 0 Å². The number of rotatable bonds is 10. The zero-order valence-electron chi connectivity index (χ0n) is 21.0. The predicted molar refractivity (Wildman–Crippen MR) is 145 cm³/mol. The number of fused-ring (bicyclic) bond motifs is 1. The summed E-state index contributed by atoms with van der Waals surface area (Å²) in [5.74, 6) is 0.907. The summed E-state index contributed by atoms with van der Waals surface area (Å²) in [6.07, 6.45) is 14.0. The Balaban J connectivity index is 0.00000122. The molecule has 0 saturated carbocycles. The number of hydrogen-bond donors (Lipinski definition) is 1. The largest absolute Gasteiger partial charge is 0.497 e. The molecular weight excluding hydrogens is 404 g/mol. The molecule has 3 heteroatoms. The van der Waals surface area contributed by atoms with Crippen molar-refractivity contribution in [3.8, 4) is 5.75 Å². The van der Waals surface area contributed by atoms with E-state index in [1.165, 1.54) is 39.6 Å². The molecule has 3 aromatic rings. The lowest BCUT2D eigenvalue weighted by Crippen LogP contribution is -2.10. The Hall–Kier alpha value is -3.04. The van der Waals surface area contributed by atoms with E-state index in [9.17, 15) is 0 Å². The van der Waals surface area contributed by atoms with Crippen LogP contribution in [0.15, 0.2) is 79.5 Å². The van der Waals surface area contributed by atoms with Crippen LogP contribution >= 0.6 is 0 Å². The van der Waals surface area contributed by atoms with Gasteiger partial charge in [0, 0.05) is 23.6 Å². The highest BCUT2D eigenvalue weighted by Gasteiger charge is 2.10. The third kappa shape index (κ3) is 7.50. The van der Waals surface area contributed by atoms with Gasteiger partial charge in [-0.25, -0.2) is 0 Å². The molecule has 3 nitrogen and oxygen atoms in total. The van der Waals surface area contributed by atoms with E-state index in [2.05, 4.69) is 91.1 Å². The van der Waals surface area contributed by atoms with Gasteiger partial charge in [0.15, 0.2) is 0 Å². The van der Waals surface area contributed by atoms with E-state index < -0.39 is 0 Å². The van der Waals surface area contributed by atoms with Crippen LogP contribution in [0, 0.1) is 0 Å². The molecule has 1 heterocycles. The van der Waals surface area contributed by atoms with Gasteiger partial charge in [0.2, 0.25) is 0 Å². The first-order chi connectivity index (χ1) is 16.1. The summed E-state index contributed by atoms with van der Waals surface area (Å²) in [4.78, 5) is 0. The highest BCUT2D eigenvalue weighted by molar-refractivity contribution is 5.85. The first kappa shape index (κ1) is 26.2. The second-order valence-electron chi connectivity index (χ2n) is 8.06. The Bertz CT molecular complexity index is 1070. The van der Waals surface area contributed by atoms with Crippen molar-refractivity contribution < 1.29 is 4.74 Å². The van der Waals surface area contributed by atoms with Gasteiger partial charge in [0.25, 0.3) is 0 Å². The second kappa shape index (κ2) is 14.2. The molecule has 0 unspecified atom stereocenters. The van der Waals surface area contributed by atoms with E-state index in [0.29, 0.717) is 0 Å². The molecule has 0 radical (unpaired) electrons. The van der Waals surface area contributed by atoms with Crippen LogP contribution in [-0.4, -0.2) is 25.3 Å². The fourth-order valence-electron chi connectivity index (χ4n) is 3.85. The molecular formula is C30H40N2O. The Morgan fingerprint density at radius 2 is 1.94 bits per heavy atom. The summed E-state index contributed by atoms with van der Waals surface area (Å²) in [5.41, 5.74) is 6.47. The Labute approximate surface area is 200 Å². The van der Waals surface area contributed by atoms with Gasteiger partial charge in [-0.3, -0.25) is 0 Å². The van der Waals surface area contributed by atoms with Crippen LogP contribution in [0.25, 0.3) is 16.5 Å². The van der Waals surface area contributed by atoms with Crippen molar-refractivity contribution in [2.75, 3.05) is 20.7 Å². The molecule has 0 aliphatic heterocycles. The highest BCUT2D eigenvalue weighted by Crippen LogP contribution is 2.28. The number of ether oxygens (including phenoxy) is 1. The van der Waals surface area contributed by atoms with Gasteiger partial charge in [-0.2, -0.15) is 0 Å². The molecule has 3 rings (SSSR count). The monoisotopic (exact) mass is 444 g/mol. The van der Waals surface area contributed by atoms with Gasteiger partial charge in [-0.05, 0) is 86.8 Å². The van der Waals surface area contributed by atoms with E-state index in [1.807, 2.05) is 20.0 Å². The molecule has 1 aromatic heterocycles. The standard InChI is InChI=1S/C27H34N2O.C3H6/c1-5-7-8-11-22(6-2)23-12-9-10-21(17-23)19-29-20-24(15-16-28-3)26-18-25(30-4)13-14-27(26)29;1-3-2/h6,8-14,17-18,20,28H,5,7,15-16,19H2,1-4H3;3H,1H2,2H3/b11-8-,22-6+;. The fraction of sp³-hybridized carbons (Fsp3) is 0.333. The third-order valence-corrected chi connectivity index (χ3v) is 5.49. The molecule has 0 saturated heterocycles. The fourth-order valence-corrected chi connectivity index (χ4v) is 3.85. The zero-order chi connectivity index (χ0) is 24.1. The van der Waals surface area contributed by atoms with Gasteiger partial charge in [-0.15, -0.1) is 6.58 Å². The number of allylic oxidation sites excluding steroid dienone is 5. The van der Waals surface area contributed by atoms with Crippen molar-refractivity contribution in [1.29, 1.82) is 0 Å². The zero-order valence-corrected chi connectivity index (χ0v) is 21.0. The quantitative estimate of drug-likeness (QED) is 0.260. The summed E-state index contributed by atoms with van der Waals surface area (Å²) in [6.45, 7) is 11.4. The van der Waals surface area contributed by atoms with Crippen LogP contribution in [0.5, 0.6) is 5.75 Å². The lowest BCUT2D eigenvalue weighted by atomic mass is 10.0. The molecule has 33 heavy (non-hydrogen) atoms. The number of unbranched alkanes of at least 4 members (excludes halogenated alkanes) is 1. The molecule has 0 spiro atoms. The predicted octanol–water partition coefficient (Wildman–Crippen LogP) is 7.41. The van der Waals surface area contributed by atoms with Crippen molar-refractivity contribution in [2.45, 2.75) is 46.6 Å². The third-order valence-electron chi connectivity index (χ3n) is 5.49. The lowest BCUT2D eigenvalue weighted by Gasteiger charge is -2.09. The molecule has 1 N–H and O–H groups in total. The number of nitrogens with one attached hydrogen (secondary N) is 1. The summed E-state index contributed by atoms with van der Waals surface area (Å²) >= 11 is 0. The minimum absolute atomic E-state index is 0.853. The second-order valence-corrected chi connectivity index (χ2v) is 8.06. The van der Waals surface area contributed by atoms with Gasteiger partial charge in [-0.1, -0.05) is 55.8 Å². The maximum atomic E-state index is 5.47. The minimum atomic E-state index is 0.853. The maximum absolute atomic E-state index is 5.47. The number of hydrogen-bond acceptors (Lipinski definition) is 2. The molecule has 176 valence electrons. The Morgan fingerprint density at radius 1 is 1.15 bits per heavy atom. The Morgan fingerprint density at radius 3 is 2.61 bits per heavy atom. The van der Waals surface area contributed by atoms with Gasteiger partial charge >= 0.3 is 0 Å². The summed E-state index contributed by atoms with van der Waals surface area (Å²) in [6, 6.07) is 15.3. The van der Waals surface area contributed by atoms with Crippen molar-refractivity contribution in [3.05, 3.63) is 96.2 Å². The average Bonchev–Trinajstić information content (AvgIpc) is 3.17. The van der Waals surface area contributed by atoms with Gasteiger partial charge < -0.3 is 14.6 Å². The minimum Gasteiger partial charge on any atom is -0.497 e. The Kier molecular flexibility index (Phi) is 11.3. The van der Waals surface area contributed by atoms with E-state index in [4.69, 9.17) is 4.74 Å². The molecule has 0 fully saturated rings. The summed E-state index contributed by atoms with van der Waals surface area (Å²) in [5, 5.41) is 4.54. The van der Waals surface area contributed by atoms with Crippen molar-refractivity contribution in [3.63, 3.8) is 0 Å². The summed E-state index contributed by atoms with van der Waals surface area (Å²) < 4.78 is 7.83. The molecule has 2 aromatic carbocycles. The topological polar surface area (TPSA) is 26.2 Å².